The van der Waals surface area contributed by atoms with E-state index < -0.39 is 90.5 Å². The molecule has 1 aliphatic carbocycles. The number of Topliss-reactive ketones (excluding diaryl/α,β-unsaturated/α-hetero) is 3. The van der Waals surface area contributed by atoms with Crippen molar-refractivity contribution in [3.8, 4) is 0 Å². The van der Waals surface area contributed by atoms with E-state index in [1.54, 1.807) is 48.0 Å². The highest BCUT2D eigenvalue weighted by molar-refractivity contribution is 6.39. The van der Waals surface area contributed by atoms with Gasteiger partial charge in [0.2, 0.25) is 5.79 Å². The van der Waals surface area contributed by atoms with Crippen LogP contribution in [0.15, 0.2) is 47.6 Å². The number of methoxy groups -OCH3 is 3. The van der Waals surface area contributed by atoms with E-state index in [-0.39, 0.29) is 80.5 Å². The summed E-state index contributed by atoms with van der Waals surface area (Å²) in [6.07, 6.45) is 10.00. The molecule has 17 heteroatoms. The number of ketones is 3. The number of carbonyl (C=O) groups excluding carboxylic acids is 5. The van der Waals surface area contributed by atoms with Gasteiger partial charge in [-0.1, -0.05) is 71.1 Å². The lowest BCUT2D eigenvalue weighted by molar-refractivity contribution is -0.266. The molecule has 4 rings (SSSR count). The van der Waals surface area contributed by atoms with Gasteiger partial charge >= 0.3 is 5.97 Å². The molecule has 0 aromatic heterocycles. The first-order valence-corrected chi connectivity index (χ1v) is 26.7. The fourth-order valence-corrected chi connectivity index (χ4v) is 10.8. The number of hydrogen-bond donors (Lipinski definition) is 4. The molecule has 4 N–H and O–H groups in total. The highest BCUT2D eigenvalue weighted by Crippen LogP contribution is 2.38. The Morgan fingerprint density at radius 1 is 0.849 bits per heavy atom. The molecule has 3 fully saturated rings. The van der Waals surface area contributed by atoms with E-state index in [0.29, 0.717) is 63.5 Å². The molecule has 17 nitrogen and oxygen atoms in total. The number of piperidine rings is 1. The van der Waals surface area contributed by atoms with Gasteiger partial charge in [0.1, 0.15) is 36.2 Å². The molecule has 1 unspecified atom stereocenters. The van der Waals surface area contributed by atoms with Gasteiger partial charge in [0.25, 0.3) is 11.7 Å². The molecule has 4 aliphatic rings. The molecule has 73 heavy (non-hydrogen) atoms. The van der Waals surface area contributed by atoms with Crippen LogP contribution in [-0.4, -0.2) is 170 Å². The van der Waals surface area contributed by atoms with Crippen molar-refractivity contribution in [3.63, 3.8) is 0 Å². The van der Waals surface area contributed by atoms with Gasteiger partial charge in [0.05, 0.1) is 50.8 Å². The SMILES string of the molecule is COCCOC1C[C@@H]2CC[C@@H](C)[C@@](O)(O2)C(=O)C(=O)N2CCCC[C@H]2C(=O)O[C@H]([C@H](C)C[C@@H]2CC[C@@H](OC[C@H](O)CO)[C@H](OC)C2)CC(=O)[C@H](C)/C=C(\C)[C@@H](O)[C@@H](OC)C(=O)[C@H](C)C[C@H](C)/C=C/C=CC=C1C. The van der Waals surface area contributed by atoms with Crippen molar-refractivity contribution in [2.75, 3.05) is 54.3 Å². The molecule has 3 heterocycles. The zero-order valence-electron chi connectivity index (χ0n) is 45.3. The number of hydrogen-bond acceptors (Lipinski definition) is 16. The summed E-state index contributed by atoms with van der Waals surface area (Å²) in [5, 5.41) is 42.8. The molecule has 414 valence electrons. The Balaban J connectivity index is 1.71. The Morgan fingerprint density at radius 2 is 1.59 bits per heavy atom. The number of nitrogens with zero attached hydrogens (tertiary/aromatic N) is 1. The Morgan fingerprint density at radius 3 is 2.27 bits per heavy atom. The first kappa shape index (κ1) is 62.1. The smallest absolute Gasteiger partial charge is 0.329 e. The van der Waals surface area contributed by atoms with E-state index in [1.807, 2.05) is 51.2 Å². The van der Waals surface area contributed by atoms with Crippen LogP contribution in [0.5, 0.6) is 0 Å². The molecule has 2 bridgehead atoms. The van der Waals surface area contributed by atoms with Crippen LogP contribution in [0.25, 0.3) is 0 Å². The fraction of sp³-hybridized carbons (Fsp3) is 0.768. The van der Waals surface area contributed by atoms with Crippen LogP contribution < -0.4 is 0 Å². The fourth-order valence-electron chi connectivity index (χ4n) is 10.8. The van der Waals surface area contributed by atoms with Crippen molar-refractivity contribution in [2.45, 2.75) is 186 Å². The molecule has 3 aliphatic heterocycles. The van der Waals surface area contributed by atoms with E-state index in [1.165, 1.54) is 12.0 Å². The number of fused-ring (bicyclic) bond motifs is 3. The third kappa shape index (κ3) is 17.8. The van der Waals surface area contributed by atoms with Crippen LogP contribution in [0.2, 0.25) is 0 Å². The zero-order valence-corrected chi connectivity index (χ0v) is 45.3. The third-order valence-electron chi connectivity index (χ3n) is 15.5. The van der Waals surface area contributed by atoms with Crippen molar-refractivity contribution < 1.29 is 77.6 Å². The standard InChI is InChI=1S/C56H89NO16/c1-34-16-12-11-13-17-35(2)47(70-25-24-67-8)30-43-21-19-40(7)56(66,73-43)53(63)54(64)57-23-15-14-18-44(57)55(65)72-48(37(4)28-41-20-22-46(49(29-41)68-9)71-33-42(59)32-58)31-45(60)36(3)27-39(6)51(62)52(69-10)50(61)38(5)26-34/h11-13,16-17,27,34,36-38,40-44,46-49,51-52,58-59,62,66H,14-15,18-26,28-33H2,1-10H3/b13-11?,16-12+,35-17?,39-27+/t34-,36-,37-,38-,40-,41+,42-,43+,44+,46-,47?,48+,49-,51-,52+,56-/m1/s1. The number of rotatable bonds is 13. The van der Waals surface area contributed by atoms with Crippen LogP contribution in [-0.2, 0) is 57.1 Å². The number of allylic oxidation sites excluding steroid dienone is 6. The molecule has 2 saturated heterocycles. The van der Waals surface area contributed by atoms with Crippen molar-refractivity contribution in [2.24, 2.45) is 35.5 Å². The van der Waals surface area contributed by atoms with Crippen LogP contribution in [0.4, 0.5) is 0 Å². The summed E-state index contributed by atoms with van der Waals surface area (Å²) in [6, 6.07) is -1.18. The van der Waals surface area contributed by atoms with E-state index in [0.717, 1.165) is 12.0 Å². The molecule has 0 spiro atoms. The molecular weight excluding hydrogens is 943 g/mol. The number of cyclic esters (lactones) is 1. The van der Waals surface area contributed by atoms with Crippen LogP contribution >= 0.6 is 0 Å². The summed E-state index contributed by atoms with van der Waals surface area (Å²) < 4.78 is 41.4. The van der Waals surface area contributed by atoms with Gasteiger partial charge in [-0.25, -0.2) is 4.79 Å². The number of ether oxygens (including phenoxy) is 7. The Hall–Kier alpha value is -3.49. The summed E-state index contributed by atoms with van der Waals surface area (Å²) in [5.41, 5.74) is 1.22. The lowest BCUT2D eigenvalue weighted by atomic mass is 9.78. The average molecular weight is 1030 g/mol. The molecule has 1 amide bonds. The first-order chi connectivity index (χ1) is 34.7. The van der Waals surface area contributed by atoms with E-state index >= 15 is 0 Å². The monoisotopic (exact) mass is 1030 g/mol. The van der Waals surface area contributed by atoms with Crippen molar-refractivity contribution in [3.05, 3.63) is 47.6 Å². The number of esters is 1. The highest BCUT2D eigenvalue weighted by Gasteiger charge is 2.53. The second kappa shape index (κ2) is 30.3. The number of amides is 1. The molecule has 1 saturated carbocycles. The van der Waals surface area contributed by atoms with Crippen molar-refractivity contribution in [1.82, 2.24) is 4.90 Å². The van der Waals surface area contributed by atoms with Crippen molar-refractivity contribution in [1.29, 1.82) is 0 Å². The largest absolute Gasteiger partial charge is 0.460 e. The van der Waals surface area contributed by atoms with Crippen LogP contribution in [0.1, 0.15) is 126 Å². The minimum absolute atomic E-state index is 0.00836. The molecule has 0 aromatic carbocycles. The van der Waals surface area contributed by atoms with Crippen LogP contribution in [0, 0.1) is 35.5 Å². The predicted octanol–water partition coefficient (Wildman–Crippen LogP) is 5.57. The Labute approximate surface area is 434 Å². The van der Waals surface area contributed by atoms with Gasteiger partial charge < -0.3 is 58.5 Å². The summed E-state index contributed by atoms with van der Waals surface area (Å²) in [5.74, 6) is -8.33. The second-order valence-electron chi connectivity index (χ2n) is 21.4. The van der Waals surface area contributed by atoms with Crippen molar-refractivity contribution >= 4 is 29.2 Å². The molecule has 0 radical (unpaired) electrons. The van der Waals surface area contributed by atoms with Gasteiger partial charge in [0, 0.05) is 58.5 Å². The third-order valence-corrected chi connectivity index (χ3v) is 15.5. The number of aliphatic hydroxyl groups excluding tert-OH is 3. The van der Waals surface area contributed by atoms with Gasteiger partial charge in [-0.3, -0.25) is 19.2 Å². The summed E-state index contributed by atoms with van der Waals surface area (Å²) in [6.45, 7) is 12.8. The molecular formula is C56H89NO16. The normalized spacial score (nSPS) is 36.6. The first-order valence-electron chi connectivity index (χ1n) is 26.7. The predicted molar refractivity (Wildman–Crippen MR) is 273 cm³/mol. The van der Waals surface area contributed by atoms with Gasteiger partial charge in [-0.05, 0) is 107 Å². The molecule has 0 aromatic rings. The minimum atomic E-state index is -2.48. The van der Waals surface area contributed by atoms with Gasteiger partial charge in [0.15, 0.2) is 5.78 Å². The number of carbonyl (C=O) groups is 5. The minimum Gasteiger partial charge on any atom is -0.460 e. The highest BCUT2D eigenvalue weighted by atomic mass is 16.6. The maximum atomic E-state index is 14.6. The van der Waals surface area contributed by atoms with Crippen LogP contribution in [0.3, 0.4) is 0 Å². The summed E-state index contributed by atoms with van der Waals surface area (Å²) in [7, 11) is 4.53. The quantitative estimate of drug-likeness (QED) is 0.0764. The maximum absolute atomic E-state index is 14.6. The van der Waals surface area contributed by atoms with E-state index in [4.69, 9.17) is 33.2 Å². The summed E-state index contributed by atoms with van der Waals surface area (Å²) >= 11 is 0. The lowest BCUT2D eigenvalue weighted by Gasteiger charge is -2.43. The van der Waals surface area contributed by atoms with Gasteiger partial charge in [-0.2, -0.15) is 0 Å². The second-order valence-corrected chi connectivity index (χ2v) is 21.4. The zero-order chi connectivity index (χ0) is 54.0. The van der Waals surface area contributed by atoms with E-state index in [2.05, 4.69) is 0 Å². The van der Waals surface area contributed by atoms with Gasteiger partial charge in [-0.15, -0.1) is 0 Å². The molecule has 16 atom stereocenters. The number of aliphatic hydroxyl groups is 4. The van der Waals surface area contributed by atoms with E-state index in [9.17, 15) is 44.4 Å². The average Bonchev–Trinajstić information content (AvgIpc) is 3.37. The lowest BCUT2D eigenvalue weighted by Crippen LogP contribution is -2.61. The topological polar surface area (TPSA) is 234 Å². The maximum Gasteiger partial charge on any atom is 0.329 e. The Kier molecular flexibility index (Phi) is 25.8. The summed E-state index contributed by atoms with van der Waals surface area (Å²) in [4.78, 5) is 72.6. The Bertz CT molecular complexity index is 1920.